The van der Waals surface area contributed by atoms with Crippen molar-refractivity contribution >= 4 is 22.5 Å². The van der Waals surface area contributed by atoms with E-state index < -0.39 is 0 Å². The molecule has 0 bridgehead atoms. The summed E-state index contributed by atoms with van der Waals surface area (Å²) in [5.41, 5.74) is 0.877. The lowest BCUT2D eigenvalue weighted by Gasteiger charge is -2.23. The van der Waals surface area contributed by atoms with Gasteiger partial charge >= 0.3 is 0 Å². The van der Waals surface area contributed by atoms with E-state index in [0.29, 0.717) is 6.04 Å². The Hall–Kier alpha value is -2.70. The van der Waals surface area contributed by atoms with Gasteiger partial charge in [0.25, 0.3) is 0 Å². The number of pyridine rings is 1. The van der Waals surface area contributed by atoms with Crippen molar-refractivity contribution in [3.05, 3.63) is 37.3 Å². The zero-order valence-corrected chi connectivity index (χ0v) is 14.9. The van der Waals surface area contributed by atoms with Crippen LogP contribution in [0.4, 0.5) is 11.6 Å². The van der Waals surface area contributed by atoms with E-state index in [1.54, 1.807) is 12.5 Å². The van der Waals surface area contributed by atoms with Gasteiger partial charge in [0.1, 0.15) is 18.0 Å². The first kappa shape index (κ1) is 16.8. The Morgan fingerprint density at radius 3 is 2.88 bits per heavy atom. The smallest absolute Gasteiger partial charge is 0.137 e. The van der Waals surface area contributed by atoms with E-state index in [-0.39, 0.29) is 0 Å². The predicted molar refractivity (Wildman–Crippen MR) is 103 cm³/mol. The number of anilines is 2. The van der Waals surface area contributed by atoms with E-state index in [9.17, 15) is 0 Å². The first-order valence-electron chi connectivity index (χ1n) is 9.45. The monoisotopic (exact) mass is 351 g/mol. The van der Waals surface area contributed by atoms with Crippen molar-refractivity contribution in [2.75, 3.05) is 17.2 Å². The second-order valence-corrected chi connectivity index (χ2v) is 6.87. The van der Waals surface area contributed by atoms with Crippen LogP contribution >= 0.6 is 0 Å². The van der Waals surface area contributed by atoms with E-state index in [2.05, 4.69) is 41.2 Å². The molecule has 0 spiro atoms. The Labute approximate surface area is 153 Å². The molecule has 1 aliphatic carbocycles. The molecule has 1 fully saturated rings. The average molecular weight is 351 g/mol. The van der Waals surface area contributed by atoms with E-state index in [0.717, 1.165) is 42.0 Å². The third kappa shape index (κ3) is 4.09. The van der Waals surface area contributed by atoms with Crippen molar-refractivity contribution in [1.29, 1.82) is 0 Å². The van der Waals surface area contributed by atoms with Crippen LogP contribution in [0.5, 0.6) is 0 Å². The number of fused-ring (bicyclic) bond motifs is 1. The number of nitrogens with zero attached hydrogens (tertiary/aromatic N) is 5. The van der Waals surface area contributed by atoms with E-state index in [1.807, 2.05) is 18.7 Å². The zero-order chi connectivity index (χ0) is 17.6. The van der Waals surface area contributed by atoms with Crippen molar-refractivity contribution < 1.29 is 0 Å². The van der Waals surface area contributed by atoms with Crippen LogP contribution in [0.1, 0.15) is 38.5 Å². The molecule has 26 heavy (non-hydrogen) atoms. The molecule has 1 saturated carbocycles. The van der Waals surface area contributed by atoms with Crippen molar-refractivity contribution in [3.63, 3.8) is 0 Å². The van der Waals surface area contributed by atoms with E-state index in [4.69, 9.17) is 0 Å². The standard InChI is InChI=1S/C19H25N7/c1-2-5-15(6-3-1)25-19-16-11-18(22-12-17(16)23-13-24-19)21-7-4-9-26-10-8-20-14-26/h8,10-15H,1-7,9H2,(H,21,22)(H,23,24,25). The fraction of sp³-hybridized carbons (Fsp3) is 0.474. The molecule has 136 valence electrons. The zero-order valence-electron chi connectivity index (χ0n) is 14.9. The van der Waals surface area contributed by atoms with E-state index >= 15 is 0 Å². The minimum Gasteiger partial charge on any atom is -0.370 e. The molecule has 7 nitrogen and oxygen atoms in total. The Balaban J connectivity index is 1.42. The van der Waals surface area contributed by atoms with Crippen molar-refractivity contribution in [2.45, 2.75) is 51.1 Å². The maximum Gasteiger partial charge on any atom is 0.137 e. The van der Waals surface area contributed by atoms with Crippen LogP contribution in [0.2, 0.25) is 0 Å². The van der Waals surface area contributed by atoms with Crippen LogP contribution < -0.4 is 10.6 Å². The van der Waals surface area contributed by atoms with Gasteiger partial charge in [-0.1, -0.05) is 19.3 Å². The summed E-state index contributed by atoms with van der Waals surface area (Å²) in [5.74, 6) is 1.79. The molecule has 0 atom stereocenters. The van der Waals surface area contributed by atoms with Crippen LogP contribution in [0.15, 0.2) is 37.3 Å². The summed E-state index contributed by atoms with van der Waals surface area (Å²) in [4.78, 5) is 17.4. The topological polar surface area (TPSA) is 80.5 Å². The lowest BCUT2D eigenvalue weighted by atomic mass is 9.95. The van der Waals surface area contributed by atoms with E-state index in [1.165, 1.54) is 32.1 Å². The Morgan fingerprint density at radius 2 is 2.04 bits per heavy atom. The third-order valence-electron chi connectivity index (χ3n) is 4.93. The van der Waals surface area contributed by atoms with Gasteiger partial charge in [0.05, 0.1) is 18.0 Å². The largest absolute Gasteiger partial charge is 0.370 e. The summed E-state index contributed by atoms with van der Waals surface area (Å²) in [6.07, 6.45) is 16.5. The van der Waals surface area contributed by atoms with Gasteiger partial charge in [0.2, 0.25) is 0 Å². The lowest BCUT2D eigenvalue weighted by Crippen LogP contribution is -2.23. The summed E-state index contributed by atoms with van der Waals surface area (Å²) < 4.78 is 2.08. The average Bonchev–Trinajstić information content (AvgIpc) is 3.20. The number of rotatable bonds is 7. The summed E-state index contributed by atoms with van der Waals surface area (Å²) in [6, 6.07) is 2.57. The number of nitrogens with one attached hydrogen (secondary N) is 2. The van der Waals surface area contributed by atoms with Crippen LogP contribution in [-0.2, 0) is 6.54 Å². The highest BCUT2D eigenvalue weighted by molar-refractivity contribution is 5.90. The maximum absolute atomic E-state index is 4.48. The number of aromatic nitrogens is 5. The molecule has 0 aromatic carbocycles. The van der Waals surface area contributed by atoms with Crippen molar-refractivity contribution in [1.82, 2.24) is 24.5 Å². The highest BCUT2D eigenvalue weighted by Crippen LogP contribution is 2.25. The van der Waals surface area contributed by atoms with Gasteiger partial charge in [0, 0.05) is 36.9 Å². The summed E-state index contributed by atoms with van der Waals surface area (Å²) in [5, 5.41) is 8.05. The molecule has 0 amide bonds. The lowest BCUT2D eigenvalue weighted by molar-refractivity contribution is 0.462. The molecule has 4 rings (SSSR count). The molecule has 3 heterocycles. The second kappa shape index (κ2) is 8.12. The number of aryl methyl sites for hydroxylation is 1. The Morgan fingerprint density at radius 1 is 1.12 bits per heavy atom. The molecule has 0 aliphatic heterocycles. The van der Waals surface area contributed by atoms with Gasteiger partial charge < -0.3 is 15.2 Å². The SMILES string of the molecule is c1cn(CCCNc2cc3c(NC4CCCCC4)ncnc3cn2)cn1. The molecule has 1 aliphatic rings. The van der Waals surface area contributed by atoms with Gasteiger partial charge in [0.15, 0.2) is 0 Å². The molecule has 3 aromatic rings. The van der Waals surface area contributed by atoms with Gasteiger partial charge in [-0.2, -0.15) is 0 Å². The summed E-state index contributed by atoms with van der Waals surface area (Å²) in [6.45, 7) is 1.80. The fourth-order valence-electron chi connectivity index (χ4n) is 3.51. The van der Waals surface area contributed by atoms with Crippen LogP contribution in [-0.4, -0.2) is 37.1 Å². The van der Waals surface area contributed by atoms with Gasteiger partial charge in [-0.3, -0.25) is 0 Å². The molecule has 7 heteroatoms. The number of hydrogen-bond donors (Lipinski definition) is 2. The minimum atomic E-state index is 0.515. The maximum atomic E-state index is 4.48. The van der Waals surface area contributed by atoms with Crippen LogP contribution in [0.25, 0.3) is 10.9 Å². The molecule has 2 N–H and O–H groups in total. The first-order valence-corrected chi connectivity index (χ1v) is 9.45. The van der Waals surface area contributed by atoms with Gasteiger partial charge in [-0.25, -0.2) is 19.9 Å². The number of imidazole rings is 1. The highest BCUT2D eigenvalue weighted by Gasteiger charge is 2.15. The van der Waals surface area contributed by atoms with Gasteiger partial charge in [-0.05, 0) is 25.3 Å². The molecular weight excluding hydrogens is 326 g/mol. The van der Waals surface area contributed by atoms with Crippen LogP contribution in [0.3, 0.4) is 0 Å². The van der Waals surface area contributed by atoms with Gasteiger partial charge in [-0.15, -0.1) is 0 Å². The fourth-order valence-corrected chi connectivity index (χ4v) is 3.51. The predicted octanol–water partition coefficient (Wildman–Crippen LogP) is 3.47. The first-order chi connectivity index (χ1) is 12.9. The van der Waals surface area contributed by atoms with Crippen molar-refractivity contribution in [3.8, 4) is 0 Å². The third-order valence-corrected chi connectivity index (χ3v) is 4.93. The van der Waals surface area contributed by atoms with Crippen molar-refractivity contribution in [2.24, 2.45) is 0 Å². The normalized spacial score (nSPS) is 15.2. The molecule has 3 aromatic heterocycles. The minimum absolute atomic E-state index is 0.515. The summed E-state index contributed by atoms with van der Waals surface area (Å²) >= 11 is 0. The number of hydrogen-bond acceptors (Lipinski definition) is 6. The molecular formula is C19H25N7. The molecule has 0 unspecified atom stereocenters. The summed E-state index contributed by atoms with van der Waals surface area (Å²) in [7, 11) is 0. The highest BCUT2D eigenvalue weighted by atomic mass is 15.1. The molecule has 0 radical (unpaired) electrons. The second-order valence-electron chi connectivity index (χ2n) is 6.87. The molecule has 0 saturated heterocycles. The Bertz CT molecular complexity index is 825. The quantitative estimate of drug-likeness (QED) is 0.635. The Kier molecular flexibility index (Phi) is 5.23. The van der Waals surface area contributed by atoms with Crippen LogP contribution in [0, 0.1) is 0 Å².